The van der Waals surface area contributed by atoms with E-state index >= 15 is 0 Å². The van der Waals surface area contributed by atoms with Crippen molar-refractivity contribution >= 4 is 34.5 Å². The van der Waals surface area contributed by atoms with Crippen LogP contribution in [0.3, 0.4) is 0 Å². The Morgan fingerprint density at radius 3 is 2.62 bits per heavy atom. The van der Waals surface area contributed by atoms with Crippen LogP contribution >= 0.6 is 11.3 Å². The zero-order chi connectivity index (χ0) is 27.0. The predicted octanol–water partition coefficient (Wildman–Crippen LogP) is 5.05. The first-order valence-electron chi connectivity index (χ1n) is 12.2. The van der Waals surface area contributed by atoms with Gasteiger partial charge in [0.25, 0.3) is 6.01 Å². The maximum Gasteiger partial charge on any atom is 0.417 e. The van der Waals surface area contributed by atoms with Crippen molar-refractivity contribution in [2.75, 3.05) is 36.5 Å². The Kier molecular flexibility index (Phi) is 6.65. The number of ether oxygens (including phenoxy) is 1. The number of oxazole rings is 1. The number of rotatable bonds is 5. The highest BCUT2D eigenvalue weighted by molar-refractivity contribution is 7.10. The molecule has 4 aromatic rings. The molecule has 6 rings (SSSR count). The first-order chi connectivity index (χ1) is 18.9. The zero-order valence-corrected chi connectivity index (χ0v) is 21.3. The fraction of sp³-hybridized carbons (Fsp3) is 0.259. The number of carbonyl (C=O) groups is 1. The number of hydrogen-bond acceptors (Lipinski definition) is 9. The lowest BCUT2D eigenvalue weighted by atomic mass is 10.0. The summed E-state index contributed by atoms with van der Waals surface area (Å²) in [6.07, 6.45) is -3.16. The molecule has 0 spiro atoms. The van der Waals surface area contributed by atoms with E-state index in [9.17, 15) is 18.0 Å². The maximum atomic E-state index is 13.5. The second-order valence-electron chi connectivity index (χ2n) is 9.01. The minimum absolute atomic E-state index is 0.0133. The van der Waals surface area contributed by atoms with Crippen molar-refractivity contribution in [1.29, 1.82) is 0 Å². The van der Waals surface area contributed by atoms with Crippen molar-refractivity contribution in [1.82, 2.24) is 9.97 Å². The Labute approximate surface area is 225 Å². The number of alkyl halides is 3. The van der Waals surface area contributed by atoms with E-state index in [4.69, 9.17) is 14.1 Å². The van der Waals surface area contributed by atoms with Crippen LogP contribution < -0.4 is 10.2 Å². The molecule has 0 radical (unpaired) electrons. The van der Waals surface area contributed by atoms with E-state index < -0.39 is 17.9 Å². The van der Waals surface area contributed by atoms with Gasteiger partial charge in [-0.15, -0.1) is 11.3 Å². The molecule has 2 aliphatic heterocycles. The molecule has 39 heavy (non-hydrogen) atoms. The van der Waals surface area contributed by atoms with Gasteiger partial charge >= 0.3 is 6.18 Å². The molecule has 1 saturated heterocycles. The summed E-state index contributed by atoms with van der Waals surface area (Å²) in [5, 5.41) is 4.91. The molecule has 200 valence electrons. The quantitative estimate of drug-likeness (QED) is 0.370. The van der Waals surface area contributed by atoms with E-state index in [0.717, 1.165) is 28.3 Å². The van der Waals surface area contributed by atoms with E-state index in [-0.39, 0.29) is 35.4 Å². The molecule has 5 heterocycles. The van der Waals surface area contributed by atoms with E-state index in [1.807, 2.05) is 41.8 Å². The van der Waals surface area contributed by atoms with Crippen LogP contribution in [-0.2, 0) is 22.1 Å². The van der Waals surface area contributed by atoms with E-state index in [0.29, 0.717) is 32.0 Å². The predicted molar refractivity (Wildman–Crippen MR) is 140 cm³/mol. The first kappa shape index (κ1) is 25.3. The summed E-state index contributed by atoms with van der Waals surface area (Å²) in [6, 6.07) is 12.6. The SMILES string of the molecule is O=C1Cc2sccc2C(c2ccccc2)=NC1Nc1ncc(-c2ncc(C(F)(F)F)cc2N2CCOCC2)o1. The normalized spacial score (nSPS) is 17.9. The number of hydrogen-bond donors (Lipinski definition) is 1. The molecular formula is C27H22F3N5O3S. The van der Waals surface area contributed by atoms with Gasteiger partial charge in [-0.3, -0.25) is 14.8 Å². The first-order valence-corrected chi connectivity index (χ1v) is 13.1. The number of aromatic nitrogens is 2. The van der Waals surface area contributed by atoms with Gasteiger partial charge in [-0.1, -0.05) is 30.3 Å². The fourth-order valence-corrected chi connectivity index (χ4v) is 5.45. The van der Waals surface area contributed by atoms with Gasteiger partial charge in [-0.05, 0) is 17.5 Å². The highest BCUT2D eigenvalue weighted by atomic mass is 32.1. The second-order valence-corrected chi connectivity index (χ2v) is 10.0. The Morgan fingerprint density at radius 2 is 1.85 bits per heavy atom. The summed E-state index contributed by atoms with van der Waals surface area (Å²) < 4.78 is 51.6. The number of thiophene rings is 1. The third-order valence-corrected chi connectivity index (χ3v) is 7.41. The van der Waals surface area contributed by atoms with Crippen LogP contribution in [0.15, 0.2) is 69.6 Å². The van der Waals surface area contributed by atoms with Crippen LogP contribution in [0.5, 0.6) is 0 Å². The maximum absolute atomic E-state index is 13.5. The van der Waals surface area contributed by atoms with Gasteiger partial charge in [-0.25, -0.2) is 4.98 Å². The van der Waals surface area contributed by atoms with Crippen molar-refractivity contribution in [3.63, 3.8) is 0 Å². The zero-order valence-electron chi connectivity index (χ0n) is 20.4. The minimum atomic E-state index is -4.54. The highest BCUT2D eigenvalue weighted by Gasteiger charge is 2.33. The van der Waals surface area contributed by atoms with Crippen LogP contribution in [-0.4, -0.2) is 53.9 Å². The number of nitrogens with one attached hydrogen (secondary N) is 1. The van der Waals surface area contributed by atoms with Crippen molar-refractivity contribution < 1.29 is 27.1 Å². The number of morpholine rings is 1. The molecular weight excluding hydrogens is 531 g/mol. The molecule has 0 saturated carbocycles. The molecule has 8 nitrogen and oxygen atoms in total. The van der Waals surface area contributed by atoms with Crippen LogP contribution in [0.2, 0.25) is 0 Å². The average Bonchev–Trinajstić information content (AvgIpc) is 3.58. The Hall–Kier alpha value is -4.03. The monoisotopic (exact) mass is 553 g/mol. The van der Waals surface area contributed by atoms with Crippen molar-refractivity contribution in [3.05, 3.63) is 81.8 Å². The van der Waals surface area contributed by atoms with Crippen LogP contribution in [0, 0.1) is 0 Å². The van der Waals surface area contributed by atoms with Gasteiger partial charge in [-0.2, -0.15) is 13.2 Å². The summed E-state index contributed by atoms with van der Waals surface area (Å²) in [5.74, 6) is 0.00574. The number of pyridine rings is 1. The topological polar surface area (TPSA) is 92.9 Å². The van der Waals surface area contributed by atoms with Crippen molar-refractivity contribution in [3.8, 4) is 11.5 Å². The van der Waals surface area contributed by atoms with E-state index in [2.05, 4.69) is 15.3 Å². The standard InChI is InChI=1S/C27H22F3N5O3S/c28-27(29,30)17-12-19(35-7-9-37-10-8-35)24(31-14-17)21-15-32-26(38-21)34-25-20(36)13-22-18(6-11-39-22)23(33-25)16-4-2-1-3-5-16/h1-6,11-12,14-15,25H,7-10,13H2,(H,32,34). The number of fused-ring (bicyclic) bond motifs is 1. The average molecular weight is 554 g/mol. The summed E-state index contributed by atoms with van der Waals surface area (Å²) in [4.78, 5) is 28.9. The molecule has 1 aromatic carbocycles. The third kappa shape index (κ3) is 5.17. The molecule has 12 heteroatoms. The number of ketones is 1. The molecule has 1 fully saturated rings. The molecule has 1 unspecified atom stereocenters. The molecule has 0 bridgehead atoms. The number of Topliss-reactive ketones (excluding diaryl/α,β-unsaturated/α-hetero) is 1. The number of nitrogens with zero attached hydrogens (tertiary/aromatic N) is 4. The largest absolute Gasteiger partial charge is 0.422 e. The van der Waals surface area contributed by atoms with Crippen LogP contribution in [0.4, 0.5) is 24.9 Å². The van der Waals surface area contributed by atoms with E-state index in [1.165, 1.54) is 17.5 Å². The van der Waals surface area contributed by atoms with E-state index in [1.54, 1.807) is 4.90 Å². The number of aliphatic imine (C=N–C) groups is 1. The Bertz CT molecular complexity index is 1530. The van der Waals surface area contributed by atoms with Gasteiger partial charge < -0.3 is 19.4 Å². The lowest BCUT2D eigenvalue weighted by Gasteiger charge is -2.30. The lowest BCUT2D eigenvalue weighted by molar-refractivity contribution is -0.137. The summed E-state index contributed by atoms with van der Waals surface area (Å²) in [6.45, 7) is 1.59. The fourth-order valence-electron chi connectivity index (χ4n) is 4.56. The Balaban J connectivity index is 1.33. The second kappa shape index (κ2) is 10.3. The molecule has 2 aliphatic rings. The molecule has 1 atom stereocenters. The third-order valence-electron chi connectivity index (χ3n) is 6.49. The van der Waals surface area contributed by atoms with Gasteiger partial charge in [0.15, 0.2) is 17.7 Å². The number of halogens is 3. The molecule has 1 N–H and O–H groups in total. The van der Waals surface area contributed by atoms with Gasteiger partial charge in [0.2, 0.25) is 0 Å². The molecule has 0 amide bonds. The van der Waals surface area contributed by atoms with Crippen molar-refractivity contribution in [2.45, 2.75) is 18.8 Å². The number of benzene rings is 1. The summed E-state index contributed by atoms with van der Waals surface area (Å²) in [5.41, 5.74) is 2.09. The van der Waals surface area contributed by atoms with Crippen LogP contribution in [0.25, 0.3) is 11.5 Å². The minimum Gasteiger partial charge on any atom is -0.422 e. The Morgan fingerprint density at radius 1 is 1.05 bits per heavy atom. The van der Waals surface area contributed by atoms with Crippen molar-refractivity contribution in [2.24, 2.45) is 4.99 Å². The summed E-state index contributed by atoms with van der Waals surface area (Å²) >= 11 is 1.50. The van der Waals surface area contributed by atoms with Gasteiger partial charge in [0.1, 0.15) is 5.69 Å². The molecule has 0 aliphatic carbocycles. The number of carbonyl (C=O) groups excluding carboxylic acids is 1. The number of anilines is 2. The van der Waals surface area contributed by atoms with Gasteiger partial charge in [0.05, 0.1) is 36.4 Å². The van der Waals surface area contributed by atoms with Gasteiger partial charge in [0, 0.05) is 41.7 Å². The van der Waals surface area contributed by atoms with Crippen LogP contribution in [0.1, 0.15) is 21.6 Å². The summed E-state index contributed by atoms with van der Waals surface area (Å²) in [7, 11) is 0. The molecule has 3 aromatic heterocycles. The highest BCUT2D eigenvalue weighted by Crippen LogP contribution is 2.37. The smallest absolute Gasteiger partial charge is 0.417 e. The lowest BCUT2D eigenvalue weighted by Crippen LogP contribution is -2.36.